The SMILES string of the molecule is CSCC(C)C(=O)C12CC3CC(C)(CC(C)(C3)C1)C2. The van der Waals surface area contributed by atoms with Crippen molar-refractivity contribution in [3.8, 4) is 0 Å². The Labute approximate surface area is 122 Å². The fraction of sp³-hybridized carbons (Fsp3) is 0.941. The molecule has 0 heterocycles. The monoisotopic (exact) mass is 280 g/mol. The zero-order valence-electron chi connectivity index (χ0n) is 12.9. The van der Waals surface area contributed by atoms with E-state index in [9.17, 15) is 4.79 Å². The molecule has 108 valence electrons. The molecule has 4 bridgehead atoms. The van der Waals surface area contributed by atoms with Gasteiger partial charge in [0.05, 0.1) is 0 Å². The lowest BCUT2D eigenvalue weighted by Crippen LogP contribution is -2.58. The summed E-state index contributed by atoms with van der Waals surface area (Å²) in [5, 5.41) is 0. The Bertz CT molecular complexity index is 384. The number of thioether (sulfide) groups is 1. The van der Waals surface area contributed by atoms with Crippen LogP contribution in [0.5, 0.6) is 0 Å². The van der Waals surface area contributed by atoms with Gasteiger partial charge in [-0.3, -0.25) is 4.79 Å². The Morgan fingerprint density at radius 2 is 1.74 bits per heavy atom. The van der Waals surface area contributed by atoms with Crippen LogP contribution in [0.3, 0.4) is 0 Å². The highest BCUT2D eigenvalue weighted by molar-refractivity contribution is 7.98. The standard InChI is InChI=1S/C17H28OS/c1-12(8-19-4)14(18)17-7-13-5-15(2,10-17)9-16(3,6-13)11-17/h12-13H,5-11H2,1-4H3. The molecule has 0 spiro atoms. The Balaban J connectivity index is 1.90. The fourth-order valence-corrected chi connectivity index (χ4v) is 7.22. The van der Waals surface area contributed by atoms with E-state index in [1.165, 1.54) is 38.5 Å². The molecule has 0 aromatic heterocycles. The number of Topliss-reactive ketones (excluding diaryl/α,β-unsaturated/α-hetero) is 1. The molecule has 0 saturated heterocycles. The summed E-state index contributed by atoms with van der Waals surface area (Å²) in [6.45, 7) is 7.07. The summed E-state index contributed by atoms with van der Waals surface area (Å²) in [5.74, 6) is 2.68. The van der Waals surface area contributed by atoms with Crippen molar-refractivity contribution in [2.45, 2.75) is 59.3 Å². The van der Waals surface area contributed by atoms with E-state index in [1.807, 2.05) is 11.8 Å². The Hall–Kier alpha value is 0.0200. The minimum Gasteiger partial charge on any atom is -0.299 e. The second-order valence-corrected chi connectivity index (χ2v) is 9.54. The van der Waals surface area contributed by atoms with Crippen LogP contribution in [0.25, 0.3) is 0 Å². The van der Waals surface area contributed by atoms with E-state index in [1.54, 1.807) is 0 Å². The van der Waals surface area contributed by atoms with Gasteiger partial charge in [0, 0.05) is 17.1 Å². The zero-order chi connectivity index (χ0) is 13.9. The number of hydrogen-bond acceptors (Lipinski definition) is 2. The highest BCUT2D eigenvalue weighted by Crippen LogP contribution is 2.70. The van der Waals surface area contributed by atoms with E-state index in [2.05, 4.69) is 27.0 Å². The number of rotatable bonds is 4. The van der Waals surface area contributed by atoms with Crippen molar-refractivity contribution in [3.05, 3.63) is 0 Å². The molecule has 1 nitrogen and oxygen atoms in total. The van der Waals surface area contributed by atoms with Gasteiger partial charge in [0.1, 0.15) is 5.78 Å². The summed E-state index contributed by atoms with van der Waals surface area (Å²) in [5.41, 5.74) is 0.976. The largest absolute Gasteiger partial charge is 0.299 e. The van der Waals surface area contributed by atoms with Crippen LogP contribution >= 0.6 is 11.8 Å². The second-order valence-electron chi connectivity index (χ2n) is 8.63. The topological polar surface area (TPSA) is 17.1 Å². The molecule has 4 rings (SSSR count). The van der Waals surface area contributed by atoms with Gasteiger partial charge in [0.2, 0.25) is 0 Å². The predicted molar refractivity (Wildman–Crippen MR) is 82.4 cm³/mol. The molecule has 4 fully saturated rings. The first-order valence-electron chi connectivity index (χ1n) is 7.83. The van der Waals surface area contributed by atoms with Crippen molar-refractivity contribution in [2.75, 3.05) is 12.0 Å². The maximum atomic E-state index is 13.1. The van der Waals surface area contributed by atoms with Crippen molar-refractivity contribution in [1.29, 1.82) is 0 Å². The molecule has 0 aliphatic heterocycles. The van der Waals surface area contributed by atoms with Crippen LogP contribution in [-0.4, -0.2) is 17.8 Å². The van der Waals surface area contributed by atoms with E-state index in [0.29, 0.717) is 16.6 Å². The summed E-state index contributed by atoms with van der Waals surface area (Å²) in [4.78, 5) is 13.1. The molecule has 0 aromatic rings. The maximum absolute atomic E-state index is 13.1. The molecule has 0 radical (unpaired) electrons. The molecule has 0 aromatic carbocycles. The van der Waals surface area contributed by atoms with E-state index in [0.717, 1.165) is 11.7 Å². The summed E-state index contributed by atoms with van der Waals surface area (Å²) in [6, 6.07) is 0. The van der Waals surface area contributed by atoms with Crippen LogP contribution in [0, 0.1) is 28.1 Å². The summed E-state index contributed by atoms with van der Waals surface area (Å²) >= 11 is 1.82. The molecule has 3 atom stereocenters. The van der Waals surface area contributed by atoms with Gasteiger partial charge in [0.25, 0.3) is 0 Å². The van der Waals surface area contributed by atoms with Crippen molar-refractivity contribution >= 4 is 17.5 Å². The first kappa shape index (κ1) is 14.0. The summed E-state index contributed by atoms with van der Waals surface area (Å²) < 4.78 is 0. The van der Waals surface area contributed by atoms with E-state index in [4.69, 9.17) is 0 Å². The van der Waals surface area contributed by atoms with E-state index >= 15 is 0 Å². The van der Waals surface area contributed by atoms with Crippen LogP contribution < -0.4 is 0 Å². The lowest BCUT2D eigenvalue weighted by Gasteiger charge is -2.65. The molecule has 0 N–H and O–H groups in total. The number of ketones is 1. The molecular weight excluding hydrogens is 252 g/mol. The second kappa shape index (κ2) is 4.26. The summed E-state index contributed by atoms with van der Waals surface area (Å²) in [6.07, 6.45) is 9.82. The van der Waals surface area contributed by atoms with Crippen LogP contribution in [0.15, 0.2) is 0 Å². The maximum Gasteiger partial charge on any atom is 0.142 e. The summed E-state index contributed by atoms with van der Waals surface area (Å²) in [7, 11) is 0. The third-order valence-electron chi connectivity index (χ3n) is 6.01. The van der Waals surface area contributed by atoms with Gasteiger partial charge in [-0.2, -0.15) is 11.8 Å². The lowest BCUT2D eigenvalue weighted by molar-refractivity contribution is -0.170. The van der Waals surface area contributed by atoms with Gasteiger partial charge in [-0.15, -0.1) is 0 Å². The van der Waals surface area contributed by atoms with Crippen LogP contribution in [-0.2, 0) is 4.79 Å². The molecule has 2 heteroatoms. The molecule has 3 unspecified atom stereocenters. The Kier molecular flexibility index (Phi) is 3.13. The van der Waals surface area contributed by atoms with Gasteiger partial charge in [-0.1, -0.05) is 20.8 Å². The lowest BCUT2D eigenvalue weighted by atomic mass is 9.39. The fourth-order valence-electron chi connectivity index (χ4n) is 6.57. The number of carbonyl (C=O) groups is 1. The normalized spacial score (nSPS) is 49.4. The average Bonchev–Trinajstić information content (AvgIpc) is 2.23. The van der Waals surface area contributed by atoms with Crippen LogP contribution in [0.4, 0.5) is 0 Å². The van der Waals surface area contributed by atoms with E-state index < -0.39 is 0 Å². The quantitative estimate of drug-likeness (QED) is 0.751. The predicted octanol–water partition coefficient (Wildman–Crippen LogP) is 4.55. The van der Waals surface area contributed by atoms with Crippen molar-refractivity contribution in [3.63, 3.8) is 0 Å². The zero-order valence-corrected chi connectivity index (χ0v) is 13.7. The minimum absolute atomic E-state index is 0.0536. The highest BCUT2D eigenvalue weighted by atomic mass is 32.2. The number of carbonyl (C=O) groups excluding carboxylic acids is 1. The minimum atomic E-state index is 0.0536. The Morgan fingerprint density at radius 3 is 2.21 bits per heavy atom. The molecular formula is C17H28OS. The van der Waals surface area contributed by atoms with Crippen LogP contribution in [0.1, 0.15) is 59.3 Å². The van der Waals surface area contributed by atoms with Gasteiger partial charge >= 0.3 is 0 Å². The van der Waals surface area contributed by atoms with Gasteiger partial charge in [-0.25, -0.2) is 0 Å². The molecule has 0 amide bonds. The third kappa shape index (κ3) is 2.18. The van der Waals surface area contributed by atoms with E-state index in [-0.39, 0.29) is 11.3 Å². The van der Waals surface area contributed by atoms with Crippen molar-refractivity contribution in [1.82, 2.24) is 0 Å². The van der Waals surface area contributed by atoms with Crippen LogP contribution in [0.2, 0.25) is 0 Å². The average molecular weight is 280 g/mol. The first-order chi connectivity index (χ1) is 8.80. The number of hydrogen-bond donors (Lipinski definition) is 0. The Morgan fingerprint density at radius 1 is 1.16 bits per heavy atom. The smallest absolute Gasteiger partial charge is 0.142 e. The molecule has 19 heavy (non-hydrogen) atoms. The van der Waals surface area contributed by atoms with Gasteiger partial charge in [0.15, 0.2) is 0 Å². The van der Waals surface area contributed by atoms with Crippen molar-refractivity contribution in [2.24, 2.45) is 28.1 Å². The van der Waals surface area contributed by atoms with Gasteiger partial charge < -0.3 is 0 Å². The van der Waals surface area contributed by atoms with Crippen molar-refractivity contribution < 1.29 is 4.79 Å². The highest BCUT2D eigenvalue weighted by Gasteiger charge is 2.62. The van der Waals surface area contributed by atoms with Gasteiger partial charge in [-0.05, 0) is 61.5 Å². The molecule has 4 aliphatic rings. The third-order valence-corrected chi connectivity index (χ3v) is 6.85. The first-order valence-corrected chi connectivity index (χ1v) is 9.23. The molecule has 4 aliphatic carbocycles. The molecule has 4 saturated carbocycles.